The first kappa shape index (κ1) is 14.5. The molecule has 5 rings (SSSR count). The second-order valence-corrected chi connectivity index (χ2v) is 6.46. The van der Waals surface area contributed by atoms with Crippen molar-refractivity contribution in [3.8, 4) is 22.5 Å². The summed E-state index contributed by atoms with van der Waals surface area (Å²) in [5, 5.41) is 0. The molecule has 0 spiro atoms. The number of hydrogen-bond acceptors (Lipinski definition) is 2. The molecule has 124 valence electrons. The summed E-state index contributed by atoms with van der Waals surface area (Å²) in [6.45, 7) is 1.47. The third-order valence-corrected chi connectivity index (χ3v) is 4.94. The molecule has 0 saturated carbocycles. The highest BCUT2D eigenvalue weighted by Crippen LogP contribution is 2.38. The molecule has 0 N–H and O–H groups in total. The van der Waals surface area contributed by atoms with Gasteiger partial charge in [0.2, 0.25) is 0 Å². The van der Waals surface area contributed by atoms with Crippen molar-refractivity contribution >= 4 is 6.21 Å². The van der Waals surface area contributed by atoms with Crippen LogP contribution in [0.25, 0.3) is 22.5 Å². The fraction of sp³-hybridized carbons (Fsp3) is 0.200. The molecule has 0 fully saturated rings. The predicted molar refractivity (Wildman–Crippen MR) is 92.6 cm³/mol. The molecular weight excluding hydrogens is 320 g/mol. The molecule has 0 radical (unpaired) electrons. The van der Waals surface area contributed by atoms with Crippen LogP contribution in [0.4, 0.5) is 8.78 Å². The average molecular weight is 335 g/mol. The molecule has 0 aliphatic carbocycles. The Morgan fingerprint density at radius 3 is 2.72 bits per heavy atom. The summed E-state index contributed by atoms with van der Waals surface area (Å²) in [6, 6.07) is 10.0. The molecule has 1 aromatic heterocycles. The summed E-state index contributed by atoms with van der Waals surface area (Å²) in [5.41, 5.74) is 4.31. The monoisotopic (exact) mass is 335 g/mol. The SMILES string of the molecule is Fc1cccc(F)c1-c1nc2n(c1-c1ccc3c(c1)CN=C3)CCC2. The number of nitrogens with zero attached hydrogens (tertiary/aromatic N) is 3. The highest BCUT2D eigenvalue weighted by Gasteiger charge is 2.27. The van der Waals surface area contributed by atoms with E-state index in [9.17, 15) is 8.78 Å². The van der Waals surface area contributed by atoms with Crippen molar-refractivity contribution < 1.29 is 8.78 Å². The van der Waals surface area contributed by atoms with Gasteiger partial charge in [-0.1, -0.05) is 18.2 Å². The quantitative estimate of drug-likeness (QED) is 0.684. The van der Waals surface area contributed by atoms with Gasteiger partial charge in [-0.3, -0.25) is 4.99 Å². The maximum Gasteiger partial charge on any atom is 0.135 e. The summed E-state index contributed by atoms with van der Waals surface area (Å²) in [6.07, 6.45) is 3.69. The van der Waals surface area contributed by atoms with Crippen LogP contribution in [0.1, 0.15) is 23.4 Å². The van der Waals surface area contributed by atoms with Gasteiger partial charge in [0.25, 0.3) is 0 Å². The molecule has 3 heterocycles. The van der Waals surface area contributed by atoms with Crippen molar-refractivity contribution in [1.29, 1.82) is 0 Å². The molecule has 0 amide bonds. The highest BCUT2D eigenvalue weighted by atomic mass is 19.1. The van der Waals surface area contributed by atoms with Crippen LogP contribution >= 0.6 is 0 Å². The summed E-state index contributed by atoms with van der Waals surface area (Å²) < 4.78 is 30.9. The van der Waals surface area contributed by atoms with Crippen molar-refractivity contribution in [3.05, 3.63) is 65.0 Å². The molecule has 5 heteroatoms. The third-order valence-electron chi connectivity index (χ3n) is 4.94. The molecule has 3 aromatic rings. The largest absolute Gasteiger partial charge is 0.327 e. The maximum absolute atomic E-state index is 14.4. The van der Waals surface area contributed by atoms with Crippen LogP contribution < -0.4 is 0 Å². The Kier molecular flexibility index (Phi) is 3.10. The van der Waals surface area contributed by atoms with Crippen LogP contribution in [-0.2, 0) is 19.5 Å². The Morgan fingerprint density at radius 2 is 1.88 bits per heavy atom. The number of rotatable bonds is 2. The summed E-state index contributed by atoms with van der Waals surface area (Å²) in [4.78, 5) is 8.89. The fourth-order valence-corrected chi connectivity index (χ4v) is 3.78. The second-order valence-electron chi connectivity index (χ2n) is 6.46. The third kappa shape index (κ3) is 2.15. The van der Waals surface area contributed by atoms with Gasteiger partial charge in [0.1, 0.15) is 23.2 Å². The number of aryl methyl sites for hydroxylation is 1. The Bertz CT molecular complexity index is 1010. The van der Waals surface area contributed by atoms with Crippen molar-refractivity contribution in [2.75, 3.05) is 0 Å². The first-order valence-electron chi connectivity index (χ1n) is 8.39. The minimum Gasteiger partial charge on any atom is -0.327 e. The molecular formula is C20H15F2N3. The van der Waals surface area contributed by atoms with Gasteiger partial charge in [-0.2, -0.15) is 0 Å². The molecule has 2 aliphatic rings. The minimum atomic E-state index is -0.581. The fourth-order valence-electron chi connectivity index (χ4n) is 3.78. The molecule has 2 aliphatic heterocycles. The van der Waals surface area contributed by atoms with Gasteiger partial charge in [0.05, 0.1) is 17.8 Å². The lowest BCUT2D eigenvalue weighted by Crippen LogP contribution is -1.99. The predicted octanol–water partition coefficient (Wildman–Crippen LogP) is 4.37. The van der Waals surface area contributed by atoms with Crippen LogP contribution in [0.2, 0.25) is 0 Å². The van der Waals surface area contributed by atoms with Gasteiger partial charge in [-0.25, -0.2) is 13.8 Å². The molecule has 0 unspecified atom stereocenters. The van der Waals surface area contributed by atoms with Gasteiger partial charge in [0.15, 0.2) is 0 Å². The second kappa shape index (κ2) is 5.34. The lowest BCUT2D eigenvalue weighted by atomic mass is 10.00. The van der Waals surface area contributed by atoms with Crippen LogP contribution in [0.3, 0.4) is 0 Å². The van der Waals surface area contributed by atoms with E-state index < -0.39 is 11.6 Å². The minimum absolute atomic E-state index is 0.0452. The Labute approximate surface area is 143 Å². The smallest absolute Gasteiger partial charge is 0.135 e. The number of halogens is 2. The molecule has 3 nitrogen and oxygen atoms in total. The summed E-state index contributed by atoms with van der Waals surface area (Å²) in [7, 11) is 0. The van der Waals surface area contributed by atoms with Gasteiger partial charge in [-0.05, 0) is 35.7 Å². The first-order chi connectivity index (χ1) is 12.2. The number of imidazole rings is 1. The molecule has 0 atom stereocenters. The number of benzene rings is 2. The van der Waals surface area contributed by atoms with E-state index in [1.807, 2.05) is 18.3 Å². The standard InChI is InChI=1S/C20H15F2N3/c21-15-3-1-4-16(22)18(15)19-20(25-8-2-5-17(25)24-19)12-6-7-13-10-23-11-14(13)9-12/h1,3-4,6-7,9-10H,2,5,8,11H2. The van der Waals surface area contributed by atoms with E-state index in [1.165, 1.54) is 18.2 Å². The normalized spacial score (nSPS) is 14.8. The lowest BCUT2D eigenvalue weighted by molar-refractivity contribution is 0.588. The maximum atomic E-state index is 14.4. The first-order valence-corrected chi connectivity index (χ1v) is 8.39. The zero-order valence-corrected chi connectivity index (χ0v) is 13.5. The van der Waals surface area contributed by atoms with E-state index in [1.54, 1.807) is 0 Å². The van der Waals surface area contributed by atoms with Gasteiger partial charge < -0.3 is 4.57 Å². The van der Waals surface area contributed by atoms with Crippen LogP contribution in [0, 0.1) is 11.6 Å². The number of aromatic nitrogens is 2. The van der Waals surface area contributed by atoms with E-state index in [4.69, 9.17) is 0 Å². The lowest BCUT2D eigenvalue weighted by Gasteiger charge is -2.11. The summed E-state index contributed by atoms with van der Waals surface area (Å²) >= 11 is 0. The molecule has 0 saturated heterocycles. The van der Waals surface area contributed by atoms with Crippen molar-refractivity contribution in [1.82, 2.24) is 9.55 Å². The van der Waals surface area contributed by atoms with E-state index in [-0.39, 0.29) is 5.56 Å². The Morgan fingerprint density at radius 1 is 1.04 bits per heavy atom. The Balaban J connectivity index is 1.77. The van der Waals surface area contributed by atoms with E-state index >= 15 is 0 Å². The van der Waals surface area contributed by atoms with E-state index in [0.29, 0.717) is 12.2 Å². The van der Waals surface area contributed by atoms with Gasteiger partial charge in [0, 0.05) is 24.7 Å². The van der Waals surface area contributed by atoms with Gasteiger partial charge in [-0.15, -0.1) is 0 Å². The van der Waals surface area contributed by atoms with Crippen molar-refractivity contribution in [3.63, 3.8) is 0 Å². The van der Waals surface area contributed by atoms with Gasteiger partial charge >= 0.3 is 0 Å². The zero-order chi connectivity index (χ0) is 17.0. The number of hydrogen-bond donors (Lipinski definition) is 0. The van der Waals surface area contributed by atoms with E-state index in [0.717, 1.165) is 47.6 Å². The van der Waals surface area contributed by atoms with Crippen molar-refractivity contribution in [2.45, 2.75) is 25.9 Å². The highest BCUT2D eigenvalue weighted by molar-refractivity contribution is 5.87. The van der Waals surface area contributed by atoms with Crippen molar-refractivity contribution in [2.24, 2.45) is 4.99 Å². The number of fused-ring (bicyclic) bond motifs is 2. The number of aliphatic imine (C=N–C) groups is 1. The van der Waals surface area contributed by atoms with E-state index in [2.05, 4.69) is 20.6 Å². The average Bonchev–Trinajstić information content (AvgIpc) is 3.29. The molecule has 2 aromatic carbocycles. The molecule has 25 heavy (non-hydrogen) atoms. The zero-order valence-electron chi connectivity index (χ0n) is 13.5. The topological polar surface area (TPSA) is 30.2 Å². The summed E-state index contributed by atoms with van der Waals surface area (Å²) in [5.74, 6) is -0.269. The van der Waals surface area contributed by atoms with Crippen LogP contribution in [0.5, 0.6) is 0 Å². The molecule has 0 bridgehead atoms. The van der Waals surface area contributed by atoms with Crippen LogP contribution in [-0.4, -0.2) is 15.8 Å². The van der Waals surface area contributed by atoms with Crippen LogP contribution in [0.15, 0.2) is 41.4 Å². The Hall–Kier alpha value is -2.82.